The molecule has 7 heteroatoms. The lowest BCUT2D eigenvalue weighted by Crippen LogP contribution is -2.40. The number of hydrogen-bond acceptors (Lipinski definition) is 6. The molecule has 23 heavy (non-hydrogen) atoms. The van der Waals surface area contributed by atoms with Crippen molar-refractivity contribution in [1.29, 1.82) is 5.26 Å². The van der Waals surface area contributed by atoms with E-state index < -0.39 is 4.92 Å². The minimum atomic E-state index is -0.494. The third kappa shape index (κ3) is 2.71. The largest absolute Gasteiger partial charge is 0.355 e. The highest BCUT2D eigenvalue weighted by molar-refractivity contribution is 5.89. The molecule has 2 heterocycles. The lowest BCUT2D eigenvalue weighted by atomic mass is 9.98. The van der Waals surface area contributed by atoms with Crippen molar-refractivity contribution in [3.05, 3.63) is 39.9 Å². The van der Waals surface area contributed by atoms with Crippen LogP contribution in [0.4, 0.5) is 11.5 Å². The first-order valence-electron chi connectivity index (χ1n) is 7.26. The Hall–Kier alpha value is -3.01. The van der Waals surface area contributed by atoms with E-state index in [1.165, 1.54) is 12.1 Å². The first kappa shape index (κ1) is 14.9. The number of pyridine rings is 1. The van der Waals surface area contributed by atoms with Crippen LogP contribution in [0.25, 0.3) is 10.9 Å². The summed E-state index contributed by atoms with van der Waals surface area (Å²) in [6.07, 6.45) is 0.461. The Kier molecular flexibility index (Phi) is 3.66. The minimum Gasteiger partial charge on any atom is -0.355 e. The first-order chi connectivity index (χ1) is 11.0. The summed E-state index contributed by atoms with van der Waals surface area (Å²) in [6, 6.07) is 8.01. The Morgan fingerprint density at radius 2 is 2.22 bits per heavy atom. The van der Waals surface area contributed by atoms with E-state index in [9.17, 15) is 20.2 Å². The summed E-state index contributed by atoms with van der Waals surface area (Å²) >= 11 is 0. The summed E-state index contributed by atoms with van der Waals surface area (Å²) in [6.45, 7) is 3.01. The second-order valence-corrected chi connectivity index (χ2v) is 5.66. The molecule has 0 aliphatic carbocycles. The van der Waals surface area contributed by atoms with Gasteiger partial charge in [0.2, 0.25) is 0 Å². The molecule has 1 saturated heterocycles. The number of anilines is 1. The summed E-state index contributed by atoms with van der Waals surface area (Å²) in [4.78, 5) is 28.5. The van der Waals surface area contributed by atoms with Crippen LogP contribution >= 0.6 is 0 Å². The third-order valence-corrected chi connectivity index (χ3v) is 4.11. The predicted octanol–water partition coefficient (Wildman–Crippen LogP) is 2.43. The number of ketones is 1. The number of rotatable bonds is 2. The molecule has 1 aromatic heterocycles. The maximum Gasteiger partial charge on any atom is 0.270 e. The SMILES string of the molecule is CC1CN(c2cc(C#N)c3cc([N+](=O)[O-])ccc3n2)CCC1=O. The Morgan fingerprint density at radius 1 is 1.43 bits per heavy atom. The molecule has 1 unspecified atom stereocenters. The van der Waals surface area contributed by atoms with E-state index in [-0.39, 0.29) is 17.4 Å². The van der Waals surface area contributed by atoms with Crippen LogP contribution in [0.2, 0.25) is 0 Å². The Labute approximate surface area is 132 Å². The van der Waals surface area contributed by atoms with Gasteiger partial charge in [0.05, 0.1) is 22.1 Å². The number of piperidine rings is 1. The van der Waals surface area contributed by atoms with Crippen LogP contribution in [0.3, 0.4) is 0 Å². The highest BCUT2D eigenvalue weighted by Gasteiger charge is 2.25. The number of hydrogen-bond donors (Lipinski definition) is 0. The van der Waals surface area contributed by atoms with Crippen molar-refractivity contribution in [3.8, 4) is 6.07 Å². The van der Waals surface area contributed by atoms with Gasteiger partial charge in [-0.15, -0.1) is 0 Å². The number of fused-ring (bicyclic) bond motifs is 1. The van der Waals surface area contributed by atoms with Gasteiger partial charge >= 0.3 is 0 Å². The first-order valence-corrected chi connectivity index (χ1v) is 7.26. The fraction of sp³-hybridized carbons (Fsp3) is 0.312. The summed E-state index contributed by atoms with van der Waals surface area (Å²) < 4.78 is 0. The molecule has 0 saturated carbocycles. The fourth-order valence-corrected chi connectivity index (χ4v) is 2.79. The van der Waals surface area contributed by atoms with Gasteiger partial charge in [0.25, 0.3) is 5.69 Å². The molecule has 0 radical (unpaired) electrons. The van der Waals surface area contributed by atoms with Gasteiger partial charge < -0.3 is 4.90 Å². The highest BCUT2D eigenvalue weighted by atomic mass is 16.6. The van der Waals surface area contributed by atoms with Crippen molar-refractivity contribution in [2.24, 2.45) is 5.92 Å². The molecule has 1 atom stereocenters. The number of carbonyl (C=O) groups excluding carboxylic acids is 1. The maximum absolute atomic E-state index is 11.6. The van der Waals surface area contributed by atoms with Gasteiger partial charge in [0.15, 0.2) is 0 Å². The summed E-state index contributed by atoms with van der Waals surface area (Å²) in [5, 5.41) is 20.7. The van der Waals surface area contributed by atoms with Crippen molar-refractivity contribution in [2.45, 2.75) is 13.3 Å². The van der Waals surface area contributed by atoms with E-state index in [4.69, 9.17) is 0 Å². The number of nitro groups is 1. The number of nitriles is 1. The van der Waals surface area contributed by atoms with Gasteiger partial charge in [-0.3, -0.25) is 14.9 Å². The van der Waals surface area contributed by atoms with E-state index in [1.807, 2.05) is 11.8 Å². The second-order valence-electron chi connectivity index (χ2n) is 5.66. The molecule has 1 aliphatic rings. The maximum atomic E-state index is 11.6. The zero-order chi connectivity index (χ0) is 16.6. The molecule has 0 N–H and O–H groups in total. The second kappa shape index (κ2) is 5.65. The summed E-state index contributed by atoms with van der Waals surface area (Å²) in [7, 11) is 0. The average molecular weight is 310 g/mol. The van der Waals surface area contributed by atoms with Crippen LogP contribution in [0.5, 0.6) is 0 Å². The number of nitro benzene ring substituents is 1. The molecule has 1 aliphatic heterocycles. The van der Waals surface area contributed by atoms with Crippen molar-refractivity contribution in [3.63, 3.8) is 0 Å². The molecule has 116 valence electrons. The number of nitrogens with zero attached hydrogens (tertiary/aromatic N) is 4. The molecule has 0 amide bonds. The van der Waals surface area contributed by atoms with E-state index in [2.05, 4.69) is 11.1 Å². The van der Waals surface area contributed by atoms with Gasteiger partial charge in [0.1, 0.15) is 11.6 Å². The number of Topliss-reactive ketones (excluding diaryl/α,β-unsaturated/α-hetero) is 1. The molecular formula is C16H14N4O3. The van der Waals surface area contributed by atoms with Crippen molar-refractivity contribution < 1.29 is 9.72 Å². The molecular weight excluding hydrogens is 296 g/mol. The summed E-state index contributed by atoms with van der Waals surface area (Å²) in [5.74, 6) is 0.795. The molecule has 0 spiro atoms. The lowest BCUT2D eigenvalue weighted by Gasteiger charge is -2.31. The highest BCUT2D eigenvalue weighted by Crippen LogP contribution is 2.28. The Bertz CT molecular complexity index is 856. The number of carbonyl (C=O) groups is 1. The average Bonchev–Trinajstić information content (AvgIpc) is 2.55. The fourth-order valence-electron chi connectivity index (χ4n) is 2.79. The Morgan fingerprint density at radius 3 is 2.87 bits per heavy atom. The van der Waals surface area contributed by atoms with E-state index in [0.717, 1.165) is 0 Å². The smallest absolute Gasteiger partial charge is 0.270 e. The van der Waals surface area contributed by atoms with Crippen LogP contribution in [-0.4, -0.2) is 28.8 Å². The van der Waals surface area contributed by atoms with Gasteiger partial charge in [0, 0.05) is 42.9 Å². The van der Waals surface area contributed by atoms with E-state index in [1.54, 1.807) is 12.1 Å². The zero-order valence-electron chi connectivity index (χ0n) is 12.5. The van der Waals surface area contributed by atoms with E-state index >= 15 is 0 Å². The van der Waals surface area contributed by atoms with Crippen LogP contribution < -0.4 is 4.90 Å². The molecule has 7 nitrogen and oxygen atoms in total. The van der Waals surface area contributed by atoms with Gasteiger partial charge in [-0.1, -0.05) is 6.92 Å². The third-order valence-electron chi connectivity index (χ3n) is 4.11. The predicted molar refractivity (Wildman–Crippen MR) is 84.1 cm³/mol. The number of benzene rings is 1. The van der Waals surface area contributed by atoms with Crippen LogP contribution in [0.15, 0.2) is 24.3 Å². The van der Waals surface area contributed by atoms with Crippen molar-refractivity contribution in [2.75, 3.05) is 18.0 Å². The standard InChI is InChI=1S/C16H14N4O3/c1-10-9-19(5-4-15(10)21)16-6-11(8-17)13-7-12(20(22)23)2-3-14(13)18-16/h2-3,6-7,10H,4-5,9H2,1H3. The van der Waals surface area contributed by atoms with Crippen molar-refractivity contribution >= 4 is 28.2 Å². The molecule has 1 fully saturated rings. The number of aromatic nitrogens is 1. The normalized spacial score (nSPS) is 18.0. The lowest BCUT2D eigenvalue weighted by molar-refractivity contribution is -0.384. The molecule has 0 bridgehead atoms. The van der Waals surface area contributed by atoms with Crippen LogP contribution in [0.1, 0.15) is 18.9 Å². The van der Waals surface area contributed by atoms with Gasteiger partial charge in [-0.2, -0.15) is 5.26 Å². The molecule has 2 aromatic rings. The quantitative estimate of drug-likeness (QED) is 0.624. The molecule has 3 rings (SSSR count). The monoisotopic (exact) mass is 310 g/mol. The Balaban J connectivity index is 2.07. The van der Waals surface area contributed by atoms with Gasteiger partial charge in [-0.05, 0) is 12.1 Å². The van der Waals surface area contributed by atoms with Crippen LogP contribution in [0, 0.1) is 27.4 Å². The van der Waals surface area contributed by atoms with E-state index in [0.29, 0.717) is 41.8 Å². The topological polar surface area (TPSA) is 100 Å². The minimum absolute atomic E-state index is 0.0661. The molecule has 1 aromatic carbocycles. The zero-order valence-corrected chi connectivity index (χ0v) is 12.5. The summed E-state index contributed by atoms with van der Waals surface area (Å²) in [5.41, 5.74) is 0.813. The van der Waals surface area contributed by atoms with Gasteiger partial charge in [-0.25, -0.2) is 4.98 Å². The van der Waals surface area contributed by atoms with Crippen LogP contribution in [-0.2, 0) is 4.79 Å². The number of non-ortho nitro benzene ring substituents is 1. The van der Waals surface area contributed by atoms with Crippen molar-refractivity contribution in [1.82, 2.24) is 4.98 Å².